The highest BCUT2D eigenvalue weighted by Crippen LogP contribution is 2.23. The zero-order chi connectivity index (χ0) is 16.3. The first kappa shape index (κ1) is 15.3. The molecule has 7 heteroatoms. The molecule has 0 unspecified atom stereocenters. The third kappa shape index (κ3) is 3.14. The number of ether oxygens (including phenoxy) is 1. The number of methoxy groups -OCH3 is 1. The zero-order valence-corrected chi connectivity index (χ0v) is 12.0. The standard InChI is InChI=1S/C15H14N2O5/c1-9-3-5-13(22-2)11(7-9)17-14(19)8-12(18)10(16-17)4-6-15(20)21/h3-8,18H,1-2H3,(H,20,21)/b6-4+. The molecule has 0 amide bonds. The summed E-state index contributed by atoms with van der Waals surface area (Å²) in [5, 5.41) is 22.3. The molecular formula is C15H14N2O5. The van der Waals surface area contributed by atoms with Crippen molar-refractivity contribution >= 4 is 12.0 Å². The normalized spacial score (nSPS) is 10.8. The average molecular weight is 302 g/mol. The van der Waals surface area contributed by atoms with Crippen molar-refractivity contribution in [1.82, 2.24) is 9.78 Å². The molecule has 114 valence electrons. The Kier molecular flexibility index (Phi) is 4.26. The maximum atomic E-state index is 12.1. The van der Waals surface area contributed by atoms with Crippen LogP contribution >= 0.6 is 0 Å². The minimum atomic E-state index is -1.19. The van der Waals surface area contributed by atoms with Crippen LogP contribution in [0.15, 0.2) is 35.1 Å². The van der Waals surface area contributed by atoms with Gasteiger partial charge in [-0.3, -0.25) is 4.79 Å². The molecule has 1 aromatic carbocycles. The van der Waals surface area contributed by atoms with Gasteiger partial charge in [0.1, 0.15) is 22.9 Å². The van der Waals surface area contributed by atoms with Crippen LogP contribution in [0.5, 0.6) is 11.5 Å². The van der Waals surface area contributed by atoms with Gasteiger partial charge in [-0.05, 0) is 30.7 Å². The molecule has 0 fully saturated rings. The maximum Gasteiger partial charge on any atom is 0.328 e. The largest absolute Gasteiger partial charge is 0.505 e. The van der Waals surface area contributed by atoms with Crippen molar-refractivity contribution < 1.29 is 19.7 Å². The first-order chi connectivity index (χ1) is 10.4. The molecule has 0 aliphatic carbocycles. The van der Waals surface area contributed by atoms with E-state index in [1.165, 1.54) is 7.11 Å². The van der Waals surface area contributed by atoms with E-state index in [0.717, 1.165) is 28.5 Å². The topological polar surface area (TPSA) is 102 Å². The molecule has 0 atom stereocenters. The van der Waals surface area contributed by atoms with Crippen LogP contribution in [0, 0.1) is 6.92 Å². The average Bonchev–Trinajstić information content (AvgIpc) is 2.46. The molecule has 0 aliphatic heterocycles. The van der Waals surface area contributed by atoms with Crippen LogP contribution in [0.2, 0.25) is 0 Å². The number of carboxylic acids is 1. The fraction of sp³-hybridized carbons (Fsp3) is 0.133. The highest BCUT2D eigenvalue weighted by molar-refractivity contribution is 5.85. The molecule has 0 saturated heterocycles. The maximum absolute atomic E-state index is 12.1. The van der Waals surface area contributed by atoms with E-state index in [-0.39, 0.29) is 5.69 Å². The number of benzene rings is 1. The van der Waals surface area contributed by atoms with Gasteiger partial charge in [0.15, 0.2) is 0 Å². The Morgan fingerprint density at radius 3 is 2.73 bits per heavy atom. The lowest BCUT2D eigenvalue weighted by Crippen LogP contribution is -2.21. The fourth-order valence-corrected chi connectivity index (χ4v) is 1.87. The minimum Gasteiger partial charge on any atom is -0.505 e. The summed E-state index contributed by atoms with van der Waals surface area (Å²) in [6.45, 7) is 1.85. The Bertz CT molecular complexity index is 808. The van der Waals surface area contributed by atoms with Gasteiger partial charge in [0.25, 0.3) is 5.56 Å². The molecule has 2 aromatic rings. The van der Waals surface area contributed by atoms with E-state index in [1.54, 1.807) is 12.1 Å². The van der Waals surface area contributed by atoms with Gasteiger partial charge in [0.2, 0.25) is 0 Å². The van der Waals surface area contributed by atoms with Crippen LogP contribution in [-0.2, 0) is 4.79 Å². The molecule has 0 spiro atoms. The zero-order valence-electron chi connectivity index (χ0n) is 12.0. The number of rotatable bonds is 4. The first-order valence-electron chi connectivity index (χ1n) is 6.31. The number of aliphatic carboxylic acids is 1. The lowest BCUT2D eigenvalue weighted by molar-refractivity contribution is -0.131. The van der Waals surface area contributed by atoms with Gasteiger partial charge in [-0.2, -0.15) is 9.78 Å². The number of aromatic nitrogens is 2. The Morgan fingerprint density at radius 1 is 1.36 bits per heavy atom. The smallest absolute Gasteiger partial charge is 0.328 e. The summed E-state index contributed by atoms with van der Waals surface area (Å²) in [6.07, 6.45) is 1.93. The summed E-state index contributed by atoms with van der Waals surface area (Å²) < 4.78 is 6.25. The van der Waals surface area contributed by atoms with Gasteiger partial charge in [0.05, 0.1) is 7.11 Å². The summed E-state index contributed by atoms with van der Waals surface area (Å²) in [5.41, 5.74) is 0.692. The number of aryl methyl sites for hydroxylation is 1. The van der Waals surface area contributed by atoms with E-state index in [9.17, 15) is 14.7 Å². The molecule has 7 nitrogen and oxygen atoms in total. The van der Waals surface area contributed by atoms with Crippen LogP contribution in [0.4, 0.5) is 0 Å². The summed E-state index contributed by atoms with van der Waals surface area (Å²) >= 11 is 0. The summed E-state index contributed by atoms with van der Waals surface area (Å²) in [6, 6.07) is 6.18. The predicted molar refractivity (Wildman–Crippen MR) is 79.5 cm³/mol. The third-order valence-electron chi connectivity index (χ3n) is 2.89. The number of hydrogen-bond acceptors (Lipinski definition) is 5. The molecular weight excluding hydrogens is 288 g/mol. The van der Waals surface area contributed by atoms with Gasteiger partial charge >= 0.3 is 5.97 Å². The van der Waals surface area contributed by atoms with Gasteiger partial charge < -0.3 is 14.9 Å². The Labute approximate surface area is 125 Å². The number of carboxylic acid groups (broad SMARTS) is 1. The molecule has 1 heterocycles. The second kappa shape index (κ2) is 6.13. The van der Waals surface area contributed by atoms with E-state index >= 15 is 0 Å². The molecule has 22 heavy (non-hydrogen) atoms. The van der Waals surface area contributed by atoms with Crippen molar-refractivity contribution in [1.29, 1.82) is 0 Å². The molecule has 2 rings (SSSR count). The highest BCUT2D eigenvalue weighted by atomic mass is 16.5. The number of carbonyl (C=O) groups is 1. The van der Waals surface area contributed by atoms with Gasteiger partial charge in [-0.25, -0.2) is 4.79 Å². The van der Waals surface area contributed by atoms with E-state index in [0.29, 0.717) is 11.4 Å². The molecule has 2 N–H and O–H groups in total. The summed E-state index contributed by atoms with van der Waals surface area (Å²) in [5.74, 6) is -1.16. The second-order valence-corrected chi connectivity index (χ2v) is 4.51. The first-order valence-corrected chi connectivity index (χ1v) is 6.31. The molecule has 0 aliphatic rings. The van der Waals surface area contributed by atoms with E-state index in [2.05, 4.69) is 5.10 Å². The molecule has 0 saturated carbocycles. The summed E-state index contributed by atoms with van der Waals surface area (Å²) in [7, 11) is 1.46. The van der Waals surface area contributed by atoms with Crippen molar-refractivity contribution in [3.8, 4) is 17.2 Å². The monoisotopic (exact) mass is 302 g/mol. The van der Waals surface area contributed by atoms with Crippen LogP contribution in [0.3, 0.4) is 0 Å². The molecule has 0 bridgehead atoms. The van der Waals surface area contributed by atoms with Crippen molar-refractivity contribution in [3.05, 3.63) is 52.0 Å². The quantitative estimate of drug-likeness (QED) is 0.827. The Morgan fingerprint density at radius 2 is 2.09 bits per heavy atom. The Balaban J connectivity index is 2.66. The van der Waals surface area contributed by atoms with E-state index in [4.69, 9.17) is 9.84 Å². The lowest BCUT2D eigenvalue weighted by atomic mass is 10.2. The number of aromatic hydroxyl groups is 1. The lowest BCUT2D eigenvalue weighted by Gasteiger charge is -2.11. The van der Waals surface area contributed by atoms with Gasteiger partial charge in [-0.1, -0.05) is 6.07 Å². The SMILES string of the molecule is COc1ccc(C)cc1-n1nc(/C=C/C(=O)O)c(O)cc1=O. The van der Waals surface area contributed by atoms with Gasteiger partial charge in [-0.15, -0.1) is 0 Å². The Hall–Kier alpha value is -3.09. The second-order valence-electron chi connectivity index (χ2n) is 4.51. The van der Waals surface area contributed by atoms with Crippen LogP contribution in [0.25, 0.3) is 11.8 Å². The molecule has 1 aromatic heterocycles. The summed E-state index contributed by atoms with van der Waals surface area (Å²) in [4.78, 5) is 22.6. The van der Waals surface area contributed by atoms with Crippen LogP contribution in [0.1, 0.15) is 11.3 Å². The van der Waals surface area contributed by atoms with Crippen LogP contribution < -0.4 is 10.3 Å². The third-order valence-corrected chi connectivity index (χ3v) is 2.89. The minimum absolute atomic E-state index is 0.0365. The number of hydrogen-bond donors (Lipinski definition) is 2. The molecule has 0 radical (unpaired) electrons. The highest BCUT2D eigenvalue weighted by Gasteiger charge is 2.12. The van der Waals surface area contributed by atoms with Crippen molar-refractivity contribution in [2.24, 2.45) is 0 Å². The van der Waals surface area contributed by atoms with Crippen molar-refractivity contribution in [2.75, 3.05) is 7.11 Å². The fourth-order valence-electron chi connectivity index (χ4n) is 1.87. The number of nitrogens with zero attached hydrogens (tertiary/aromatic N) is 2. The van der Waals surface area contributed by atoms with E-state index in [1.807, 2.05) is 13.0 Å². The van der Waals surface area contributed by atoms with Crippen LogP contribution in [-0.4, -0.2) is 33.1 Å². The van der Waals surface area contributed by atoms with E-state index < -0.39 is 17.3 Å². The van der Waals surface area contributed by atoms with Gasteiger partial charge in [0, 0.05) is 12.1 Å². The van der Waals surface area contributed by atoms with Crippen molar-refractivity contribution in [2.45, 2.75) is 6.92 Å². The predicted octanol–water partition coefficient (Wildman–Crippen LogP) is 1.35. The van der Waals surface area contributed by atoms with Crippen molar-refractivity contribution in [3.63, 3.8) is 0 Å².